The molecule has 0 bridgehead atoms. The fourth-order valence-electron chi connectivity index (χ4n) is 2.11. The van der Waals surface area contributed by atoms with E-state index >= 15 is 0 Å². The number of nitrogen functional groups attached to an aromatic ring is 1. The van der Waals surface area contributed by atoms with E-state index in [9.17, 15) is 9.18 Å². The second-order valence-corrected chi connectivity index (χ2v) is 6.90. The van der Waals surface area contributed by atoms with Gasteiger partial charge in [-0.3, -0.25) is 4.79 Å². The number of nitrogens with two attached hydrogens (primary N) is 1. The number of anilines is 1. The quantitative estimate of drug-likeness (QED) is 0.491. The molecule has 1 aromatic heterocycles. The number of thioether (sulfide) groups is 1. The number of carbonyl (C=O) groups is 1. The molecule has 134 valence electrons. The van der Waals surface area contributed by atoms with Gasteiger partial charge in [-0.1, -0.05) is 47.1 Å². The minimum atomic E-state index is -0.509. The summed E-state index contributed by atoms with van der Waals surface area (Å²) in [7, 11) is 0. The molecule has 0 unspecified atom stereocenters. The van der Waals surface area contributed by atoms with E-state index in [1.807, 2.05) is 0 Å². The van der Waals surface area contributed by atoms with Gasteiger partial charge in [-0.2, -0.15) is 0 Å². The van der Waals surface area contributed by atoms with Crippen molar-refractivity contribution in [1.82, 2.24) is 14.9 Å². The molecule has 26 heavy (non-hydrogen) atoms. The van der Waals surface area contributed by atoms with Gasteiger partial charge in [-0.25, -0.2) is 9.07 Å². The van der Waals surface area contributed by atoms with Crippen LogP contribution in [0.1, 0.15) is 0 Å². The highest BCUT2D eigenvalue weighted by Crippen LogP contribution is 2.30. The van der Waals surface area contributed by atoms with Gasteiger partial charge < -0.3 is 11.2 Å². The Morgan fingerprint density at radius 2 is 2.00 bits per heavy atom. The summed E-state index contributed by atoms with van der Waals surface area (Å²) in [6, 6.07) is 10.8. The normalized spacial score (nSPS) is 10.7. The SMILES string of the molecule is Nn1c(SCC(=O)Nc2ccccc2F)nnc1-c1cc(Cl)ccc1Cl. The van der Waals surface area contributed by atoms with Crippen molar-refractivity contribution < 1.29 is 9.18 Å². The Morgan fingerprint density at radius 3 is 2.77 bits per heavy atom. The van der Waals surface area contributed by atoms with Crippen molar-refractivity contribution in [1.29, 1.82) is 0 Å². The Hall–Kier alpha value is -2.29. The summed E-state index contributed by atoms with van der Waals surface area (Å²) in [5.74, 6) is 5.38. The highest BCUT2D eigenvalue weighted by molar-refractivity contribution is 7.99. The first kappa shape index (κ1) is 18.5. The third-order valence-electron chi connectivity index (χ3n) is 3.31. The molecule has 10 heteroatoms. The monoisotopic (exact) mass is 411 g/mol. The lowest BCUT2D eigenvalue weighted by Crippen LogP contribution is -2.17. The molecule has 3 N–H and O–H groups in total. The predicted molar refractivity (Wildman–Crippen MR) is 101 cm³/mol. The van der Waals surface area contributed by atoms with Crippen molar-refractivity contribution in [2.75, 3.05) is 16.9 Å². The summed E-state index contributed by atoms with van der Waals surface area (Å²) >= 11 is 13.2. The molecule has 0 aliphatic carbocycles. The van der Waals surface area contributed by atoms with Crippen LogP contribution in [0.25, 0.3) is 11.4 Å². The average Bonchev–Trinajstić information content (AvgIpc) is 2.98. The van der Waals surface area contributed by atoms with Crippen LogP contribution in [-0.4, -0.2) is 26.5 Å². The lowest BCUT2D eigenvalue weighted by molar-refractivity contribution is -0.113. The zero-order valence-electron chi connectivity index (χ0n) is 13.1. The first-order valence-corrected chi connectivity index (χ1v) is 9.03. The molecule has 0 aliphatic rings. The Morgan fingerprint density at radius 1 is 1.23 bits per heavy atom. The highest BCUT2D eigenvalue weighted by Gasteiger charge is 2.16. The van der Waals surface area contributed by atoms with Gasteiger partial charge in [0.1, 0.15) is 5.82 Å². The van der Waals surface area contributed by atoms with Gasteiger partial charge in [-0.15, -0.1) is 10.2 Å². The van der Waals surface area contributed by atoms with Crippen LogP contribution < -0.4 is 11.2 Å². The molecule has 0 radical (unpaired) electrons. The zero-order chi connectivity index (χ0) is 18.7. The van der Waals surface area contributed by atoms with Gasteiger partial charge in [-0.05, 0) is 30.3 Å². The van der Waals surface area contributed by atoms with Crippen LogP contribution in [0.15, 0.2) is 47.6 Å². The summed E-state index contributed by atoms with van der Waals surface area (Å²) in [5.41, 5.74) is 0.635. The fourth-order valence-corrected chi connectivity index (χ4v) is 3.14. The van der Waals surface area contributed by atoms with E-state index in [1.165, 1.54) is 16.8 Å². The Balaban J connectivity index is 1.70. The molecular formula is C16H12Cl2FN5OS. The first-order valence-electron chi connectivity index (χ1n) is 7.29. The summed E-state index contributed by atoms with van der Waals surface area (Å²) in [6.07, 6.45) is 0. The van der Waals surface area contributed by atoms with Crippen molar-refractivity contribution in [3.63, 3.8) is 0 Å². The Bertz CT molecular complexity index is 966. The number of hydrogen-bond donors (Lipinski definition) is 2. The molecule has 0 saturated carbocycles. The minimum Gasteiger partial charge on any atom is -0.335 e. The standard InChI is InChI=1S/C16H12Cl2FN5OS/c17-9-5-6-11(18)10(7-9)15-22-23-16(24(15)20)26-8-14(25)21-13-4-2-1-3-12(13)19/h1-7H,8,20H2,(H,21,25). The second kappa shape index (κ2) is 7.94. The van der Waals surface area contributed by atoms with Crippen LogP contribution in [0, 0.1) is 5.82 Å². The highest BCUT2D eigenvalue weighted by atomic mass is 35.5. The van der Waals surface area contributed by atoms with Crippen LogP contribution in [-0.2, 0) is 4.79 Å². The van der Waals surface area contributed by atoms with Crippen molar-refractivity contribution in [3.8, 4) is 11.4 Å². The minimum absolute atomic E-state index is 0.0209. The molecule has 3 rings (SSSR count). The number of carbonyl (C=O) groups excluding carboxylic acids is 1. The lowest BCUT2D eigenvalue weighted by Gasteiger charge is -2.07. The summed E-state index contributed by atoms with van der Waals surface area (Å²) in [6.45, 7) is 0. The van der Waals surface area contributed by atoms with Crippen LogP contribution in [0.3, 0.4) is 0 Å². The van der Waals surface area contributed by atoms with Crippen molar-refractivity contribution >= 4 is 46.6 Å². The molecular weight excluding hydrogens is 400 g/mol. The Labute approximate surface area is 162 Å². The number of nitrogens with one attached hydrogen (secondary N) is 1. The van der Waals surface area contributed by atoms with Crippen molar-refractivity contribution in [3.05, 3.63) is 58.3 Å². The Kier molecular flexibility index (Phi) is 5.65. The van der Waals surface area contributed by atoms with Crippen LogP contribution >= 0.6 is 35.0 Å². The maximum Gasteiger partial charge on any atom is 0.234 e. The molecule has 0 saturated heterocycles. The second-order valence-electron chi connectivity index (χ2n) is 5.12. The van der Waals surface area contributed by atoms with Gasteiger partial charge >= 0.3 is 0 Å². The molecule has 0 spiro atoms. The van der Waals surface area contributed by atoms with Gasteiger partial charge in [0.2, 0.25) is 11.1 Å². The number of amides is 1. The molecule has 6 nitrogen and oxygen atoms in total. The smallest absolute Gasteiger partial charge is 0.234 e. The number of aromatic nitrogens is 3. The first-order chi connectivity index (χ1) is 12.5. The van der Waals surface area contributed by atoms with Crippen LogP contribution in [0.2, 0.25) is 10.0 Å². The number of nitrogens with zero attached hydrogens (tertiary/aromatic N) is 3. The maximum absolute atomic E-state index is 13.5. The van der Waals surface area contributed by atoms with E-state index in [0.717, 1.165) is 11.8 Å². The number of halogens is 3. The van der Waals surface area contributed by atoms with Gasteiger partial charge in [0.15, 0.2) is 5.82 Å². The molecule has 0 aliphatic heterocycles. The van der Waals surface area contributed by atoms with E-state index in [4.69, 9.17) is 29.0 Å². The molecule has 0 fully saturated rings. The van der Waals surface area contributed by atoms with E-state index in [1.54, 1.807) is 30.3 Å². The number of benzene rings is 2. The van der Waals surface area contributed by atoms with E-state index in [2.05, 4.69) is 15.5 Å². The largest absolute Gasteiger partial charge is 0.335 e. The van der Waals surface area contributed by atoms with E-state index < -0.39 is 11.7 Å². The summed E-state index contributed by atoms with van der Waals surface area (Å²) in [4.78, 5) is 12.0. The lowest BCUT2D eigenvalue weighted by atomic mass is 10.2. The zero-order valence-corrected chi connectivity index (χ0v) is 15.4. The molecule has 1 heterocycles. The third kappa shape index (κ3) is 4.09. The maximum atomic E-state index is 13.5. The fraction of sp³-hybridized carbons (Fsp3) is 0.0625. The van der Waals surface area contributed by atoms with E-state index in [-0.39, 0.29) is 11.4 Å². The van der Waals surface area contributed by atoms with Crippen LogP contribution in [0.4, 0.5) is 10.1 Å². The van der Waals surface area contributed by atoms with Gasteiger partial charge in [0.05, 0.1) is 16.5 Å². The van der Waals surface area contributed by atoms with E-state index in [0.29, 0.717) is 26.6 Å². The molecule has 1 amide bonds. The topological polar surface area (TPSA) is 85.8 Å². The van der Waals surface area contributed by atoms with Crippen LogP contribution in [0.5, 0.6) is 0 Å². The third-order valence-corrected chi connectivity index (χ3v) is 4.82. The van der Waals surface area contributed by atoms with Crippen molar-refractivity contribution in [2.45, 2.75) is 5.16 Å². The molecule has 2 aromatic carbocycles. The number of rotatable bonds is 5. The predicted octanol–water partition coefficient (Wildman–Crippen LogP) is 3.84. The molecule has 3 aromatic rings. The summed E-state index contributed by atoms with van der Waals surface area (Å²) < 4.78 is 14.8. The average molecular weight is 412 g/mol. The van der Waals surface area contributed by atoms with Crippen molar-refractivity contribution in [2.24, 2.45) is 0 Å². The molecule has 0 atom stereocenters. The van der Waals surface area contributed by atoms with Gasteiger partial charge in [0, 0.05) is 10.6 Å². The number of para-hydroxylation sites is 1. The van der Waals surface area contributed by atoms with Gasteiger partial charge in [0.25, 0.3) is 0 Å². The summed E-state index contributed by atoms with van der Waals surface area (Å²) in [5, 5.41) is 11.6. The number of hydrogen-bond acceptors (Lipinski definition) is 5.